The van der Waals surface area contributed by atoms with Crippen molar-refractivity contribution >= 4 is 15.8 Å². The number of hydrogen-bond donors (Lipinski definition) is 0. The van der Waals surface area contributed by atoms with Crippen LogP contribution in [0.2, 0.25) is 0 Å². The van der Waals surface area contributed by atoms with Crippen LogP contribution in [0.3, 0.4) is 0 Å². The third-order valence-corrected chi connectivity index (χ3v) is 6.01. The molecule has 2 aromatic heterocycles. The summed E-state index contributed by atoms with van der Waals surface area (Å²) in [6, 6.07) is 3.71. The van der Waals surface area contributed by atoms with Crippen molar-refractivity contribution in [3.63, 3.8) is 0 Å². The Morgan fingerprint density at radius 1 is 1.27 bits per heavy atom. The summed E-state index contributed by atoms with van der Waals surface area (Å²) in [7, 11) is 0.144. The summed E-state index contributed by atoms with van der Waals surface area (Å²) in [4.78, 5) is 5.90. The van der Waals surface area contributed by atoms with E-state index in [-0.39, 0.29) is 23.7 Å². The van der Waals surface area contributed by atoms with Gasteiger partial charge in [-0.25, -0.2) is 13.4 Å². The van der Waals surface area contributed by atoms with Gasteiger partial charge < -0.3 is 14.2 Å². The molecule has 0 aliphatic carbocycles. The minimum atomic E-state index is -3.62. The second-order valence-corrected chi connectivity index (χ2v) is 8.65. The maximum atomic E-state index is 12.7. The molecule has 0 saturated carbocycles. The number of anilines is 1. The van der Waals surface area contributed by atoms with Gasteiger partial charge in [0.15, 0.2) is 10.8 Å². The summed E-state index contributed by atoms with van der Waals surface area (Å²) in [5.74, 6) is 1.12. The summed E-state index contributed by atoms with van der Waals surface area (Å²) in [5.41, 5.74) is 0. The molecule has 0 amide bonds. The smallest absolute Gasteiger partial charge is 0.262 e. The van der Waals surface area contributed by atoms with Crippen molar-refractivity contribution in [1.29, 1.82) is 0 Å². The molecular formula is C16H24N6O3S. The first-order chi connectivity index (χ1) is 12.3. The Balaban J connectivity index is 1.65. The van der Waals surface area contributed by atoms with Crippen LogP contribution in [0.25, 0.3) is 0 Å². The zero-order valence-electron chi connectivity index (χ0n) is 15.4. The number of sulfonamides is 1. The molecule has 0 aromatic carbocycles. The summed E-state index contributed by atoms with van der Waals surface area (Å²) < 4.78 is 34.5. The Kier molecular flexibility index (Phi) is 5.15. The molecule has 0 radical (unpaired) electrons. The highest BCUT2D eigenvalue weighted by Gasteiger charge is 2.35. The van der Waals surface area contributed by atoms with Crippen molar-refractivity contribution in [2.75, 3.05) is 32.1 Å². The topological polar surface area (TPSA) is 93.5 Å². The number of aromatic nitrogens is 4. The highest BCUT2D eigenvalue weighted by molar-refractivity contribution is 7.89. The van der Waals surface area contributed by atoms with Crippen molar-refractivity contribution < 1.29 is 13.2 Å². The molecule has 0 spiro atoms. The van der Waals surface area contributed by atoms with Crippen LogP contribution in [0.5, 0.6) is 5.88 Å². The third kappa shape index (κ3) is 3.80. The number of hydrogen-bond acceptors (Lipinski definition) is 7. The fourth-order valence-electron chi connectivity index (χ4n) is 2.66. The second kappa shape index (κ2) is 7.20. The zero-order valence-corrected chi connectivity index (χ0v) is 16.2. The fourth-order valence-corrected chi connectivity index (χ4v) is 4.07. The lowest BCUT2D eigenvalue weighted by Crippen LogP contribution is -2.31. The minimum absolute atomic E-state index is 0.0713. The quantitative estimate of drug-likeness (QED) is 0.742. The lowest BCUT2D eigenvalue weighted by atomic mass is 10.3. The molecule has 3 heterocycles. The minimum Gasteiger partial charge on any atom is -0.472 e. The number of nitrogens with zero attached hydrogens (tertiary/aromatic N) is 6. The summed E-state index contributed by atoms with van der Waals surface area (Å²) in [6.45, 7) is 4.61. The Hall–Kier alpha value is -2.20. The fraction of sp³-hybridized carbons (Fsp3) is 0.562. The van der Waals surface area contributed by atoms with Crippen molar-refractivity contribution in [3.8, 4) is 5.88 Å². The van der Waals surface area contributed by atoms with E-state index < -0.39 is 10.0 Å². The van der Waals surface area contributed by atoms with Crippen molar-refractivity contribution in [3.05, 3.63) is 24.7 Å². The van der Waals surface area contributed by atoms with E-state index in [9.17, 15) is 8.42 Å². The molecule has 0 unspecified atom stereocenters. The molecular weight excluding hydrogens is 356 g/mol. The Bertz CT molecular complexity index is 847. The molecule has 0 bridgehead atoms. The molecule has 0 N–H and O–H groups in total. The van der Waals surface area contributed by atoms with Crippen LogP contribution in [0.1, 0.15) is 26.3 Å². The van der Waals surface area contributed by atoms with Gasteiger partial charge in [-0.1, -0.05) is 0 Å². The standard InChI is InChI=1S/C16H24N6O3S/c1-12(2)21-10-16(17-11-21)26(23,24)22-8-7-13(9-22)25-15-6-5-14(18-19-15)20(3)4/h5-6,10-13H,7-9H2,1-4H3/t13-/m1/s1. The maximum absolute atomic E-state index is 12.7. The predicted molar refractivity (Wildman–Crippen MR) is 96.8 cm³/mol. The average Bonchev–Trinajstić information content (AvgIpc) is 3.25. The van der Waals surface area contributed by atoms with Gasteiger partial charge in [-0.05, 0) is 26.3 Å². The molecule has 3 rings (SSSR count). The summed E-state index contributed by atoms with van der Waals surface area (Å²) >= 11 is 0. The normalized spacial score (nSPS) is 18.4. The number of rotatable bonds is 6. The molecule has 9 nitrogen and oxygen atoms in total. The van der Waals surface area contributed by atoms with E-state index in [1.54, 1.807) is 23.2 Å². The van der Waals surface area contributed by atoms with Crippen LogP contribution in [-0.4, -0.2) is 65.8 Å². The first kappa shape index (κ1) is 18.6. The average molecular weight is 380 g/mol. The number of ether oxygens (including phenoxy) is 1. The molecule has 1 atom stereocenters. The van der Waals surface area contributed by atoms with Gasteiger partial charge in [-0.15, -0.1) is 10.2 Å². The second-order valence-electron chi connectivity index (χ2n) is 6.77. The summed E-state index contributed by atoms with van der Waals surface area (Å²) in [6.07, 6.45) is 3.46. The lowest BCUT2D eigenvalue weighted by Gasteiger charge is -2.16. The van der Waals surface area contributed by atoms with Gasteiger partial charge in [0.1, 0.15) is 6.10 Å². The van der Waals surface area contributed by atoms with E-state index in [1.807, 2.05) is 38.9 Å². The number of imidazole rings is 1. The molecule has 10 heteroatoms. The largest absolute Gasteiger partial charge is 0.472 e. The molecule has 1 saturated heterocycles. The molecule has 26 heavy (non-hydrogen) atoms. The van der Waals surface area contributed by atoms with Crippen molar-refractivity contribution in [2.45, 2.75) is 37.4 Å². The molecule has 142 valence electrons. The van der Waals surface area contributed by atoms with E-state index in [2.05, 4.69) is 15.2 Å². The third-order valence-electron chi connectivity index (χ3n) is 4.26. The van der Waals surface area contributed by atoms with Gasteiger partial charge in [-0.2, -0.15) is 4.31 Å². The monoisotopic (exact) mass is 380 g/mol. The Labute approximate surface area is 153 Å². The highest BCUT2D eigenvalue weighted by atomic mass is 32.2. The Morgan fingerprint density at radius 2 is 2.04 bits per heavy atom. The van der Waals surface area contributed by atoms with Crippen LogP contribution in [0, 0.1) is 0 Å². The van der Waals surface area contributed by atoms with E-state index in [0.29, 0.717) is 18.8 Å². The first-order valence-electron chi connectivity index (χ1n) is 8.48. The predicted octanol–water partition coefficient (Wildman–Crippen LogP) is 1.16. The van der Waals surface area contributed by atoms with Crippen LogP contribution in [0.4, 0.5) is 5.82 Å². The van der Waals surface area contributed by atoms with Gasteiger partial charge in [-0.3, -0.25) is 0 Å². The highest BCUT2D eigenvalue weighted by Crippen LogP contribution is 2.23. The van der Waals surface area contributed by atoms with Gasteiger partial charge in [0.25, 0.3) is 10.0 Å². The SMILES string of the molecule is CC(C)n1cnc(S(=O)(=O)N2CC[C@@H](Oc3ccc(N(C)C)nn3)C2)c1. The van der Waals surface area contributed by atoms with Crippen molar-refractivity contribution in [1.82, 2.24) is 24.1 Å². The lowest BCUT2D eigenvalue weighted by molar-refractivity contribution is 0.204. The van der Waals surface area contributed by atoms with Gasteiger partial charge in [0.2, 0.25) is 5.88 Å². The first-order valence-corrected chi connectivity index (χ1v) is 9.92. The molecule has 1 fully saturated rings. The van der Waals surface area contributed by atoms with Crippen LogP contribution in [0.15, 0.2) is 29.7 Å². The van der Waals surface area contributed by atoms with E-state index in [4.69, 9.17) is 4.74 Å². The van der Waals surface area contributed by atoms with E-state index >= 15 is 0 Å². The zero-order chi connectivity index (χ0) is 18.9. The molecule has 2 aromatic rings. The van der Waals surface area contributed by atoms with Crippen LogP contribution < -0.4 is 9.64 Å². The van der Waals surface area contributed by atoms with Gasteiger partial charge >= 0.3 is 0 Å². The van der Waals surface area contributed by atoms with Crippen molar-refractivity contribution in [2.24, 2.45) is 0 Å². The summed E-state index contributed by atoms with van der Waals surface area (Å²) in [5, 5.41) is 8.17. The van der Waals surface area contributed by atoms with Crippen LogP contribution in [-0.2, 0) is 10.0 Å². The Morgan fingerprint density at radius 3 is 2.62 bits per heavy atom. The van der Waals surface area contributed by atoms with E-state index in [1.165, 1.54) is 4.31 Å². The molecule has 1 aliphatic heterocycles. The van der Waals surface area contributed by atoms with Crippen LogP contribution >= 0.6 is 0 Å². The molecule has 1 aliphatic rings. The van der Waals surface area contributed by atoms with Gasteiger partial charge in [0.05, 0.1) is 12.9 Å². The maximum Gasteiger partial charge on any atom is 0.262 e. The van der Waals surface area contributed by atoms with Gasteiger partial charge in [0, 0.05) is 38.9 Å². The van der Waals surface area contributed by atoms with E-state index in [0.717, 1.165) is 5.82 Å².